The Hall–Kier alpha value is -0.780. The molecule has 0 bridgehead atoms. The average molecular weight is 300 g/mol. The van der Waals surface area contributed by atoms with Crippen molar-refractivity contribution >= 4 is 21.6 Å². The van der Waals surface area contributed by atoms with Crippen LogP contribution >= 0.6 is 15.9 Å². The molecule has 1 aromatic carbocycles. The van der Waals surface area contributed by atoms with Crippen LogP contribution in [0, 0.1) is 5.82 Å². The molecule has 0 radical (unpaired) electrons. The molecule has 0 heterocycles. The third-order valence-corrected chi connectivity index (χ3v) is 2.62. The van der Waals surface area contributed by atoms with Crippen molar-refractivity contribution < 1.29 is 17.6 Å². The van der Waals surface area contributed by atoms with E-state index in [9.17, 15) is 17.6 Å². The van der Waals surface area contributed by atoms with E-state index in [0.717, 1.165) is 11.0 Å². The first-order chi connectivity index (χ1) is 7.33. The largest absolute Gasteiger partial charge is 0.405 e. The molecule has 0 spiro atoms. The van der Waals surface area contributed by atoms with Crippen molar-refractivity contribution in [1.82, 2.24) is 0 Å². The summed E-state index contributed by atoms with van der Waals surface area (Å²) in [4.78, 5) is 1.05. The number of benzene rings is 1. The molecule has 0 aliphatic rings. The van der Waals surface area contributed by atoms with Gasteiger partial charge in [-0.05, 0) is 23.8 Å². The van der Waals surface area contributed by atoms with E-state index in [1.165, 1.54) is 19.2 Å². The molecule has 1 aromatic rings. The topological polar surface area (TPSA) is 3.24 Å². The SMILES string of the molecule is CN(CC(F)(F)F)c1ccc(F)cc1CBr. The summed E-state index contributed by atoms with van der Waals surface area (Å²) in [5.74, 6) is -0.460. The third-order valence-electron chi connectivity index (χ3n) is 2.01. The molecule has 1 nitrogen and oxygen atoms in total. The van der Waals surface area contributed by atoms with E-state index in [2.05, 4.69) is 15.9 Å². The molecule has 0 amide bonds. The monoisotopic (exact) mass is 299 g/mol. The Labute approximate surface area is 99.2 Å². The zero-order valence-electron chi connectivity index (χ0n) is 8.48. The Kier molecular flexibility index (Phi) is 4.18. The average Bonchev–Trinajstić information content (AvgIpc) is 2.14. The van der Waals surface area contributed by atoms with Crippen LogP contribution in [0.4, 0.5) is 23.2 Å². The fourth-order valence-corrected chi connectivity index (χ4v) is 1.84. The van der Waals surface area contributed by atoms with Gasteiger partial charge >= 0.3 is 6.18 Å². The van der Waals surface area contributed by atoms with E-state index in [4.69, 9.17) is 0 Å². The highest BCUT2D eigenvalue weighted by Crippen LogP contribution is 2.26. The highest BCUT2D eigenvalue weighted by molar-refractivity contribution is 9.08. The molecule has 90 valence electrons. The van der Waals surface area contributed by atoms with Crippen LogP contribution in [0.5, 0.6) is 0 Å². The predicted octanol–water partition coefficient (Wildman–Crippen LogP) is 3.72. The molecule has 0 N–H and O–H groups in total. The summed E-state index contributed by atoms with van der Waals surface area (Å²) in [7, 11) is 1.33. The molecule has 16 heavy (non-hydrogen) atoms. The number of anilines is 1. The van der Waals surface area contributed by atoms with E-state index in [-0.39, 0.29) is 0 Å². The van der Waals surface area contributed by atoms with Gasteiger partial charge in [-0.1, -0.05) is 15.9 Å². The standard InChI is InChI=1S/C10H10BrF4N/c1-16(6-10(13,14)15)9-3-2-8(12)4-7(9)5-11/h2-4H,5-6H2,1H3. The van der Waals surface area contributed by atoms with Crippen molar-refractivity contribution in [2.24, 2.45) is 0 Å². The minimum Gasteiger partial charge on any atom is -0.365 e. The van der Waals surface area contributed by atoms with Crippen molar-refractivity contribution in [3.63, 3.8) is 0 Å². The van der Waals surface area contributed by atoms with Crippen molar-refractivity contribution in [1.29, 1.82) is 0 Å². The summed E-state index contributed by atoms with van der Waals surface area (Å²) in [5, 5.41) is 0.308. The maximum absolute atomic E-state index is 12.9. The van der Waals surface area contributed by atoms with Gasteiger partial charge in [-0.2, -0.15) is 13.2 Å². The zero-order chi connectivity index (χ0) is 12.3. The van der Waals surface area contributed by atoms with Gasteiger partial charge in [-0.3, -0.25) is 0 Å². The number of hydrogen-bond donors (Lipinski definition) is 0. The molecule has 0 saturated heterocycles. The smallest absolute Gasteiger partial charge is 0.365 e. The number of alkyl halides is 4. The van der Waals surface area contributed by atoms with Crippen LogP contribution in [-0.2, 0) is 5.33 Å². The Morgan fingerprint density at radius 2 is 1.94 bits per heavy atom. The van der Waals surface area contributed by atoms with Crippen LogP contribution in [0.1, 0.15) is 5.56 Å². The van der Waals surface area contributed by atoms with Gasteiger partial charge in [0.2, 0.25) is 0 Å². The molecule has 0 aromatic heterocycles. The fraction of sp³-hybridized carbons (Fsp3) is 0.400. The second kappa shape index (κ2) is 5.03. The van der Waals surface area contributed by atoms with Crippen LogP contribution in [0.2, 0.25) is 0 Å². The third kappa shape index (κ3) is 3.66. The number of rotatable bonds is 3. The second-order valence-electron chi connectivity index (χ2n) is 3.38. The first-order valence-corrected chi connectivity index (χ1v) is 5.58. The highest BCUT2D eigenvalue weighted by atomic mass is 79.9. The predicted molar refractivity (Wildman–Crippen MR) is 58.4 cm³/mol. The van der Waals surface area contributed by atoms with E-state index >= 15 is 0 Å². The molecule has 0 saturated carbocycles. The van der Waals surface area contributed by atoms with E-state index in [1.54, 1.807) is 0 Å². The maximum atomic E-state index is 12.9. The Bertz CT molecular complexity index is 364. The lowest BCUT2D eigenvalue weighted by molar-refractivity contribution is -0.119. The molecule has 0 unspecified atom stereocenters. The summed E-state index contributed by atoms with van der Waals surface area (Å²) in [5.41, 5.74) is 0.863. The summed E-state index contributed by atoms with van der Waals surface area (Å²) < 4.78 is 49.4. The van der Waals surface area contributed by atoms with E-state index in [0.29, 0.717) is 16.6 Å². The first kappa shape index (κ1) is 13.3. The minimum atomic E-state index is -4.27. The van der Waals surface area contributed by atoms with Crippen LogP contribution in [0.25, 0.3) is 0 Å². The van der Waals surface area contributed by atoms with E-state index in [1.807, 2.05) is 0 Å². The molecule has 1 rings (SSSR count). The molecule has 6 heteroatoms. The fourth-order valence-electron chi connectivity index (χ4n) is 1.39. The van der Waals surface area contributed by atoms with Gasteiger partial charge in [0.25, 0.3) is 0 Å². The molecule has 0 atom stereocenters. The summed E-state index contributed by atoms with van der Waals surface area (Å²) in [6.07, 6.45) is -4.27. The molecule has 0 aliphatic carbocycles. The van der Waals surface area contributed by atoms with Crippen molar-refractivity contribution in [2.75, 3.05) is 18.5 Å². The maximum Gasteiger partial charge on any atom is 0.405 e. The Morgan fingerprint density at radius 1 is 1.31 bits per heavy atom. The molecule has 0 fully saturated rings. The van der Waals surface area contributed by atoms with Crippen LogP contribution in [0.15, 0.2) is 18.2 Å². The minimum absolute atomic E-state index is 0.308. The summed E-state index contributed by atoms with van der Waals surface area (Å²) in [6, 6.07) is 3.71. The van der Waals surface area contributed by atoms with Gasteiger partial charge < -0.3 is 4.90 Å². The lowest BCUT2D eigenvalue weighted by Crippen LogP contribution is -2.31. The molecule has 0 aliphatic heterocycles. The number of hydrogen-bond acceptors (Lipinski definition) is 1. The van der Waals surface area contributed by atoms with Crippen molar-refractivity contribution in [2.45, 2.75) is 11.5 Å². The quantitative estimate of drug-likeness (QED) is 0.607. The van der Waals surface area contributed by atoms with Crippen LogP contribution < -0.4 is 4.90 Å². The first-order valence-electron chi connectivity index (χ1n) is 4.46. The molecular formula is C10H10BrF4N. The summed E-state index contributed by atoms with van der Waals surface area (Å²) in [6.45, 7) is -1.06. The Morgan fingerprint density at radius 3 is 2.44 bits per heavy atom. The lowest BCUT2D eigenvalue weighted by Gasteiger charge is -2.23. The lowest BCUT2D eigenvalue weighted by atomic mass is 10.2. The van der Waals surface area contributed by atoms with Crippen LogP contribution in [-0.4, -0.2) is 19.8 Å². The normalized spacial score (nSPS) is 11.6. The number of nitrogens with zero attached hydrogens (tertiary/aromatic N) is 1. The highest BCUT2D eigenvalue weighted by Gasteiger charge is 2.29. The summed E-state index contributed by atoms with van der Waals surface area (Å²) >= 11 is 3.12. The Balaban J connectivity index is 2.94. The van der Waals surface area contributed by atoms with Gasteiger partial charge in [0.05, 0.1) is 0 Å². The van der Waals surface area contributed by atoms with Crippen molar-refractivity contribution in [3.8, 4) is 0 Å². The van der Waals surface area contributed by atoms with Gasteiger partial charge in [0, 0.05) is 18.1 Å². The molecular weight excluding hydrogens is 290 g/mol. The van der Waals surface area contributed by atoms with Gasteiger partial charge in [-0.15, -0.1) is 0 Å². The van der Waals surface area contributed by atoms with Crippen molar-refractivity contribution in [3.05, 3.63) is 29.6 Å². The van der Waals surface area contributed by atoms with Gasteiger partial charge in [0.15, 0.2) is 0 Å². The van der Waals surface area contributed by atoms with E-state index < -0.39 is 18.5 Å². The van der Waals surface area contributed by atoms with Gasteiger partial charge in [-0.25, -0.2) is 4.39 Å². The van der Waals surface area contributed by atoms with Gasteiger partial charge in [0.1, 0.15) is 12.4 Å². The number of halogens is 5. The second-order valence-corrected chi connectivity index (χ2v) is 3.94. The van der Waals surface area contributed by atoms with Crippen LogP contribution in [0.3, 0.4) is 0 Å². The zero-order valence-corrected chi connectivity index (χ0v) is 10.1.